The number of nitrogens with zero attached hydrogens (tertiary/aromatic N) is 2. The molecule has 1 saturated heterocycles. The lowest BCUT2D eigenvalue weighted by molar-refractivity contribution is -0.137. The first-order chi connectivity index (χ1) is 12.8. The molecule has 2 atom stereocenters. The van der Waals surface area contributed by atoms with Crippen LogP contribution in [-0.4, -0.2) is 25.0 Å². The minimum Gasteiger partial charge on any atom is -0.369 e. The highest BCUT2D eigenvalue weighted by Crippen LogP contribution is 2.43. The summed E-state index contributed by atoms with van der Waals surface area (Å²) in [5.74, 6) is -0.444. The second-order valence-electron chi connectivity index (χ2n) is 7.11. The van der Waals surface area contributed by atoms with E-state index >= 15 is 0 Å². The van der Waals surface area contributed by atoms with Crippen LogP contribution >= 0.6 is 0 Å². The quantitative estimate of drug-likeness (QED) is 0.865. The number of rotatable bonds is 2. The molecule has 2 heterocycles. The van der Waals surface area contributed by atoms with E-state index in [2.05, 4.69) is 4.90 Å². The van der Waals surface area contributed by atoms with Crippen molar-refractivity contribution in [2.45, 2.75) is 25.1 Å². The maximum absolute atomic E-state index is 12.9. The molecule has 2 N–H and O–H groups in total. The Morgan fingerprint density at radius 1 is 1.04 bits per heavy atom. The Morgan fingerprint density at radius 3 is 2.33 bits per heavy atom. The molecule has 2 aromatic carbocycles. The Morgan fingerprint density at radius 2 is 1.70 bits per heavy atom. The number of alkyl halides is 3. The molecule has 0 saturated carbocycles. The van der Waals surface area contributed by atoms with E-state index in [-0.39, 0.29) is 17.9 Å². The number of benzene rings is 2. The monoisotopic (exact) mass is 375 g/mol. The second-order valence-corrected chi connectivity index (χ2v) is 7.11. The zero-order valence-electron chi connectivity index (χ0n) is 14.6. The Balaban J connectivity index is 1.69. The van der Waals surface area contributed by atoms with E-state index in [0.29, 0.717) is 18.7 Å². The van der Waals surface area contributed by atoms with Crippen molar-refractivity contribution >= 4 is 23.0 Å². The third-order valence-electron chi connectivity index (χ3n) is 5.50. The number of halogens is 3. The maximum Gasteiger partial charge on any atom is 0.416 e. The number of primary amides is 1. The Labute approximate surface area is 155 Å². The summed E-state index contributed by atoms with van der Waals surface area (Å²) in [5, 5.41) is 0. The third kappa shape index (κ3) is 3.22. The van der Waals surface area contributed by atoms with E-state index in [0.717, 1.165) is 36.5 Å². The van der Waals surface area contributed by atoms with E-state index in [1.54, 1.807) is 0 Å². The molecular weight excluding hydrogens is 355 g/mol. The van der Waals surface area contributed by atoms with Crippen molar-refractivity contribution < 1.29 is 18.0 Å². The van der Waals surface area contributed by atoms with Crippen molar-refractivity contribution in [3.8, 4) is 0 Å². The van der Waals surface area contributed by atoms with Gasteiger partial charge in [-0.2, -0.15) is 13.2 Å². The topological polar surface area (TPSA) is 49.6 Å². The maximum atomic E-state index is 12.9. The zero-order valence-corrected chi connectivity index (χ0v) is 14.6. The summed E-state index contributed by atoms with van der Waals surface area (Å²) in [6.45, 7) is 1.35. The molecule has 0 aromatic heterocycles. The van der Waals surface area contributed by atoms with Gasteiger partial charge in [0.2, 0.25) is 5.91 Å². The molecule has 0 radical (unpaired) electrons. The van der Waals surface area contributed by atoms with Gasteiger partial charge < -0.3 is 15.5 Å². The number of piperidine rings is 1. The fourth-order valence-electron chi connectivity index (χ4n) is 4.12. The molecule has 7 heteroatoms. The number of carbonyl (C=O) groups is 1. The van der Waals surface area contributed by atoms with Gasteiger partial charge in [0.25, 0.3) is 0 Å². The third-order valence-corrected chi connectivity index (χ3v) is 5.50. The van der Waals surface area contributed by atoms with Crippen LogP contribution in [-0.2, 0) is 11.0 Å². The van der Waals surface area contributed by atoms with Gasteiger partial charge in [-0.05, 0) is 49.2 Å². The molecule has 0 unspecified atom stereocenters. The van der Waals surface area contributed by atoms with Crippen LogP contribution in [0.3, 0.4) is 0 Å². The zero-order chi connectivity index (χ0) is 19.2. The molecule has 0 bridgehead atoms. The van der Waals surface area contributed by atoms with Crippen LogP contribution in [0.2, 0.25) is 0 Å². The molecule has 2 aliphatic heterocycles. The van der Waals surface area contributed by atoms with Gasteiger partial charge in [0.1, 0.15) is 0 Å². The van der Waals surface area contributed by atoms with Crippen molar-refractivity contribution in [2.24, 2.45) is 11.7 Å². The summed E-state index contributed by atoms with van der Waals surface area (Å²) in [7, 11) is 0. The van der Waals surface area contributed by atoms with Crippen LogP contribution in [0, 0.1) is 5.92 Å². The van der Waals surface area contributed by atoms with E-state index in [1.807, 2.05) is 29.2 Å². The molecule has 2 aliphatic rings. The van der Waals surface area contributed by atoms with Crippen LogP contribution < -0.4 is 15.5 Å². The fraction of sp³-hybridized carbons (Fsp3) is 0.350. The molecule has 4 rings (SSSR count). The number of fused-ring (bicyclic) bond motifs is 3. The van der Waals surface area contributed by atoms with E-state index in [9.17, 15) is 18.0 Å². The first-order valence-corrected chi connectivity index (χ1v) is 8.94. The lowest BCUT2D eigenvalue weighted by atomic mass is 9.87. The van der Waals surface area contributed by atoms with Crippen LogP contribution in [0.1, 0.15) is 18.4 Å². The van der Waals surface area contributed by atoms with Gasteiger partial charge in [0.15, 0.2) is 0 Å². The molecule has 142 valence electrons. The SMILES string of the molecule is NC(=O)[C@@H]1CCN2c3ccccc3N(c3ccc(C(F)(F)F)cc3)C[C@@H]2C1. The van der Waals surface area contributed by atoms with Crippen LogP contribution in [0.5, 0.6) is 0 Å². The molecule has 0 spiro atoms. The number of hydrogen-bond acceptors (Lipinski definition) is 3. The molecule has 27 heavy (non-hydrogen) atoms. The smallest absolute Gasteiger partial charge is 0.369 e. The first kappa shape index (κ1) is 17.7. The van der Waals surface area contributed by atoms with Crippen molar-refractivity contribution in [1.29, 1.82) is 0 Å². The minimum atomic E-state index is -4.35. The van der Waals surface area contributed by atoms with E-state index < -0.39 is 11.7 Å². The number of anilines is 3. The average Bonchev–Trinajstić information content (AvgIpc) is 2.66. The average molecular weight is 375 g/mol. The van der Waals surface area contributed by atoms with Gasteiger partial charge in [0.05, 0.1) is 16.9 Å². The predicted molar refractivity (Wildman–Crippen MR) is 97.9 cm³/mol. The standard InChI is InChI=1S/C20H20F3N3O/c21-20(22,23)14-5-7-15(8-6-14)26-12-16-11-13(19(24)27)9-10-25(16)17-3-1-2-4-18(17)26/h1-8,13,16H,9-12H2,(H2,24,27)/t13-,16+/m1/s1. The molecule has 2 aromatic rings. The van der Waals surface area contributed by atoms with Crippen molar-refractivity contribution in [1.82, 2.24) is 0 Å². The van der Waals surface area contributed by atoms with Crippen LogP contribution in [0.4, 0.5) is 30.2 Å². The summed E-state index contributed by atoms with van der Waals surface area (Å²) >= 11 is 0. The van der Waals surface area contributed by atoms with Crippen LogP contribution in [0.15, 0.2) is 48.5 Å². The Kier molecular flexibility index (Phi) is 4.25. The molecular formula is C20H20F3N3O. The minimum absolute atomic E-state index is 0.0912. The van der Waals surface area contributed by atoms with Crippen molar-refractivity contribution in [2.75, 3.05) is 22.9 Å². The fourth-order valence-corrected chi connectivity index (χ4v) is 4.12. The first-order valence-electron chi connectivity index (χ1n) is 8.94. The normalized spacial score (nSPS) is 22.2. The van der Waals surface area contributed by atoms with Gasteiger partial charge in [-0.15, -0.1) is 0 Å². The summed E-state index contributed by atoms with van der Waals surface area (Å²) in [5.41, 5.74) is 7.55. The Bertz CT molecular complexity index is 850. The summed E-state index contributed by atoms with van der Waals surface area (Å²) < 4.78 is 38.6. The van der Waals surface area contributed by atoms with Gasteiger partial charge in [0, 0.05) is 30.7 Å². The van der Waals surface area contributed by atoms with Gasteiger partial charge >= 0.3 is 6.18 Å². The molecule has 0 aliphatic carbocycles. The number of hydrogen-bond donors (Lipinski definition) is 1. The van der Waals surface area contributed by atoms with Gasteiger partial charge in [-0.1, -0.05) is 12.1 Å². The van der Waals surface area contributed by atoms with E-state index in [4.69, 9.17) is 5.73 Å². The highest BCUT2D eigenvalue weighted by molar-refractivity contribution is 5.81. The van der Waals surface area contributed by atoms with Crippen molar-refractivity contribution in [3.63, 3.8) is 0 Å². The second kappa shape index (κ2) is 6.48. The predicted octanol–water partition coefficient (Wildman–Crippen LogP) is 3.93. The lowest BCUT2D eigenvalue weighted by Gasteiger charge is -2.48. The Hall–Kier alpha value is -2.70. The summed E-state index contributed by atoms with van der Waals surface area (Å²) in [6.07, 6.45) is -2.98. The van der Waals surface area contributed by atoms with Gasteiger partial charge in [-0.3, -0.25) is 4.79 Å². The summed E-state index contributed by atoms with van der Waals surface area (Å²) in [4.78, 5) is 16.0. The number of amides is 1. The molecule has 1 fully saturated rings. The lowest BCUT2D eigenvalue weighted by Crippen LogP contribution is -2.53. The van der Waals surface area contributed by atoms with Crippen molar-refractivity contribution in [3.05, 3.63) is 54.1 Å². The highest BCUT2D eigenvalue weighted by atomic mass is 19.4. The molecule has 4 nitrogen and oxygen atoms in total. The number of para-hydroxylation sites is 2. The van der Waals surface area contributed by atoms with Gasteiger partial charge in [-0.25, -0.2) is 0 Å². The van der Waals surface area contributed by atoms with Crippen LogP contribution in [0.25, 0.3) is 0 Å². The van der Waals surface area contributed by atoms with E-state index in [1.165, 1.54) is 12.1 Å². The highest BCUT2D eigenvalue weighted by Gasteiger charge is 2.38. The summed E-state index contributed by atoms with van der Waals surface area (Å²) in [6, 6.07) is 13.2. The molecule has 1 amide bonds. The number of carbonyl (C=O) groups excluding carboxylic acids is 1. The largest absolute Gasteiger partial charge is 0.416 e. The number of nitrogens with two attached hydrogens (primary N) is 1.